The van der Waals surface area contributed by atoms with Gasteiger partial charge in [0.2, 0.25) is 5.89 Å². The van der Waals surface area contributed by atoms with Crippen molar-refractivity contribution in [1.29, 1.82) is 0 Å². The molecule has 2 heterocycles. The van der Waals surface area contributed by atoms with Gasteiger partial charge in [0.15, 0.2) is 9.84 Å². The second-order valence-corrected chi connectivity index (χ2v) is 8.09. The Morgan fingerprint density at radius 2 is 2.05 bits per heavy atom. The molecule has 0 radical (unpaired) electrons. The molecule has 0 saturated carbocycles. The summed E-state index contributed by atoms with van der Waals surface area (Å²) in [7, 11) is -0.920. The summed E-state index contributed by atoms with van der Waals surface area (Å²) < 4.78 is 28.9. The summed E-state index contributed by atoms with van der Waals surface area (Å²) >= 11 is 0. The second-order valence-electron chi connectivity index (χ2n) is 5.86. The first kappa shape index (κ1) is 15.2. The van der Waals surface area contributed by atoms with Gasteiger partial charge in [-0.15, -0.1) is 0 Å². The van der Waals surface area contributed by atoms with Crippen molar-refractivity contribution in [3.63, 3.8) is 0 Å². The lowest BCUT2D eigenvalue weighted by atomic mass is 10.2. The molecule has 1 atom stereocenters. The quantitative estimate of drug-likeness (QED) is 0.865. The minimum Gasteiger partial charge on any atom is -0.441 e. The first-order valence-corrected chi connectivity index (χ1v) is 9.19. The van der Waals surface area contributed by atoms with Gasteiger partial charge in [-0.3, -0.25) is 4.90 Å². The number of hydrogen-bond donors (Lipinski definition) is 0. The van der Waals surface area contributed by atoms with Gasteiger partial charge >= 0.3 is 0 Å². The number of rotatable bonds is 4. The lowest BCUT2D eigenvalue weighted by Crippen LogP contribution is -2.32. The third-order valence-corrected chi connectivity index (χ3v) is 5.89. The van der Waals surface area contributed by atoms with Crippen LogP contribution in [-0.4, -0.2) is 42.9 Å². The standard InChI is InChI=1S/C16H20N2O3S/c1-12-15(10-18(2)14-8-9-22(19,20)11-14)17-16(21-12)13-6-4-3-5-7-13/h3-7,14H,8-11H2,1-2H3/t14-/m1/s1. The third-order valence-electron chi connectivity index (χ3n) is 4.14. The van der Waals surface area contributed by atoms with Gasteiger partial charge in [0, 0.05) is 18.2 Å². The molecule has 22 heavy (non-hydrogen) atoms. The maximum absolute atomic E-state index is 11.6. The molecule has 0 N–H and O–H groups in total. The number of aryl methyl sites for hydroxylation is 1. The molecule has 1 aliphatic rings. The van der Waals surface area contributed by atoms with Crippen molar-refractivity contribution in [3.8, 4) is 11.5 Å². The Bertz CT molecular complexity index is 753. The summed E-state index contributed by atoms with van der Waals surface area (Å²) in [4.78, 5) is 6.63. The van der Waals surface area contributed by atoms with Crippen LogP contribution in [0.15, 0.2) is 34.7 Å². The Hall–Kier alpha value is -1.66. The van der Waals surface area contributed by atoms with Crippen molar-refractivity contribution in [2.24, 2.45) is 0 Å². The van der Waals surface area contributed by atoms with E-state index in [1.165, 1.54) is 0 Å². The molecule has 0 aliphatic carbocycles. The van der Waals surface area contributed by atoms with Crippen molar-refractivity contribution in [3.05, 3.63) is 41.8 Å². The molecule has 2 aromatic rings. The van der Waals surface area contributed by atoms with Crippen LogP contribution in [0.2, 0.25) is 0 Å². The molecule has 1 saturated heterocycles. The second kappa shape index (κ2) is 5.85. The fourth-order valence-electron chi connectivity index (χ4n) is 2.77. The van der Waals surface area contributed by atoms with E-state index in [0.717, 1.165) is 17.0 Å². The zero-order valence-corrected chi connectivity index (χ0v) is 13.6. The molecule has 1 fully saturated rings. The topological polar surface area (TPSA) is 63.4 Å². The summed E-state index contributed by atoms with van der Waals surface area (Å²) in [5.74, 6) is 1.92. The number of nitrogens with zero attached hydrogens (tertiary/aromatic N) is 2. The van der Waals surface area contributed by atoms with Crippen LogP contribution in [0, 0.1) is 6.92 Å². The molecule has 0 bridgehead atoms. The van der Waals surface area contributed by atoms with E-state index in [4.69, 9.17) is 4.42 Å². The zero-order chi connectivity index (χ0) is 15.7. The first-order chi connectivity index (χ1) is 10.4. The molecule has 0 spiro atoms. The van der Waals surface area contributed by atoms with Crippen LogP contribution in [-0.2, 0) is 16.4 Å². The third kappa shape index (κ3) is 3.23. The molecule has 1 aromatic heterocycles. The highest BCUT2D eigenvalue weighted by Crippen LogP contribution is 2.24. The molecule has 5 nitrogen and oxygen atoms in total. The van der Waals surface area contributed by atoms with Gasteiger partial charge in [0.1, 0.15) is 5.76 Å². The Kier molecular flexibility index (Phi) is 4.06. The summed E-state index contributed by atoms with van der Waals surface area (Å²) in [6.07, 6.45) is 0.696. The van der Waals surface area contributed by atoms with Crippen molar-refractivity contribution < 1.29 is 12.8 Å². The molecule has 0 unspecified atom stereocenters. The fourth-order valence-corrected chi connectivity index (χ4v) is 4.57. The fraction of sp³-hybridized carbons (Fsp3) is 0.438. The van der Waals surface area contributed by atoms with Crippen molar-refractivity contribution >= 4 is 9.84 Å². The van der Waals surface area contributed by atoms with E-state index in [-0.39, 0.29) is 17.5 Å². The van der Waals surface area contributed by atoms with Crippen LogP contribution in [0.25, 0.3) is 11.5 Å². The summed E-state index contributed by atoms with van der Waals surface area (Å²) in [5.41, 5.74) is 1.81. The Morgan fingerprint density at radius 3 is 2.68 bits per heavy atom. The highest BCUT2D eigenvalue weighted by molar-refractivity contribution is 7.91. The van der Waals surface area contributed by atoms with Crippen LogP contribution < -0.4 is 0 Å². The van der Waals surface area contributed by atoms with Gasteiger partial charge in [0.05, 0.1) is 17.2 Å². The molecule has 6 heteroatoms. The van der Waals surface area contributed by atoms with E-state index < -0.39 is 9.84 Å². The largest absolute Gasteiger partial charge is 0.441 e. The van der Waals surface area contributed by atoms with Crippen molar-refractivity contribution in [1.82, 2.24) is 9.88 Å². The first-order valence-electron chi connectivity index (χ1n) is 7.37. The Balaban J connectivity index is 1.75. The average molecular weight is 320 g/mol. The Labute approximate surface area is 130 Å². The van der Waals surface area contributed by atoms with Crippen LogP contribution in [0.1, 0.15) is 17.9 Å². The van der Waals surface area contributed by atoms with Crippen LogP contribution >= 0.6 is 0 Å². The SMILES string of the molecule is Cc1oc(-c2ccccc2)nc1CN(C)[C@@H]1CCS(=O)(=O)C1. The summed E-state index contributed by atoms with van der Waals surface area (Å²) in [5, 5.41) is 0. The highest BCUT2D eigenvalue weighted by atomic mass is 32.2. The van der Waals surface area contributed by atoms with Crippen molar-refractivity contribution in [2.75, 3.05) is 18.6 Å². The number of oxazole rings is 1. The minimum atomic E-state index is -2.87. The minimum absolute atomic E-state index is 0.0706. The molecule has 118 valence electrons. The predicted molar refractivity (Wildman–Crippen MR) is 85.2 cm³/mol. The van der Waals surface area contributed by atoms with Crippen LogP contribution in [0.5, 0.6) is 0 Å². The van der Waals surface area contributed by atoms with E-state index in [2.05, 4.69) is 9.88 Å². The van der Waals surface area contributed by atoms with Gasteiger partial charge in [-0.2, -0.15) is 0 Å². The van der Waals surface area contributed by atoms with E-state index in [1.54, 1.807) is 0 Å². The molecule has 1 aliphatic heterocycles. The zero-order valence-electron chi connectivity index (χ0n) is 12.8. The summed E-state index contributed by atoms with van der Waals surface area (Å²) in [6.45, 7) is 2.50. The van der Waals surface area contributed by atoms with Crippen LogP contribution in [0.3, 0.4) is 0 Å². The lowest BCUT2D eigenvalue weighted by molar-refractivity contribution is 0.250. The van der Waals surface area contributed by atoms with E-state index >= 15 is 0 Å². The number of sulfone groups is 1. The smallest absolute Gasteiger partial charge is 0.226 e. The Morgan fingerprint density at radius 1 is 1.32 bits per heavy atom. The van der Waals surface area contributed by atoms with Gasteiger partial charge in [-0.05, 0) is 32.5 Å². The predicted octanol–water partition coefficient (Wildman–Crippen LogP) is 2.27. The van der Waals surface area contributed by atoms with Gasteiger partial charge < -0.3 is 4.42 Å². The number of aromatic nitrogens is 1. The monoisotopic (exact) mass is 320 g/mol. The molecular weight excluding hydrogens is 300 g/mol. The molecule has 0 amide bonds. The summed E-state index contributed by atoms with van der Waals surface area (Å²) in [6, 6.07) is 9.84. The molecule has 1 aromatic carbocycles. The van der Waals surface area contributed by atoms with E-state index in [0.29, 0.717) is 18.9 Å². The number of hydrogen-bond acceptors (Lipinski definition) is 5. The van der Waals surface area contributed by atoms with Crippen LogP contribution in [0.4, 0.5) is 0 Å². The molecule has 3 rings (SSSR count). The van der Waals surface area contributed by atoms with Gasteiger partial charge in [-0.1, -0.05) is 18.2 Å². The number of benzene rings is 1. The van der Waals surface area contributed by atoms with E-state index in [1.807, 2.05) is 44.3 Å². The maximum Gasteiger partial charge on any atom is 0.226 e. The maximum atomic E-state index is 11.6. The molecular formula is C16H20N2O3S. The highest BCUT2D eigenvalue weighted by Gasteiger charge is 2.31. The normalized spacial score (nSPS) is 20.6. The average Bonchev–Trinajstić information content (AvgIpc) is 3.03. The van der Waals surface area contributed by atoms with Crippen molar-refractivity contribution in [2.45, 2.75) is 25.9 Å². The van der Waals surface area contributed by atoms with Gasteiger partial charge in [0.25, 0.3) is 0 Å². The van der Waals surface area contributed by atoms with E-state index in [9.17, 15) is 8.42 Å². The van der Waals surface area contributed by atoms with Gasteiger partial charge in [-0.25, -0.2) is 13.4 Å². The lowest BCUT2D eigenvalue weighted by Gasteiger charge is -2.21.